The molecule has 0 aliphatic carbocycles. The number of hydrogen-bond acceptors (Lipinski definition) is 4. The molecular weight excluding hydrogens is 508 g/mol. The summed E-state index contributed by atoms with van der Waals surface area (Å²) in [6.07, 6.45) is 3.74. The smallest absolute Gasteiger partial charge is 0.251 e. The molecule has 0 radical (unpaired) electrons. The van der Waals surface area contributed by atoms with Crippen molar-refractivity contribution in [3.05, 3.63) is 82.9 Å². The van der Waals surface area contributed by atoms with E-state index in [-0.39, 0.29) is 23.9 Å². The molecule has 5 rings (SSSR count). The molecule has 3 N–H and O–H groups in total. The van der Waals surface area contributed by atoms with Gasteiger partial charge >= 0.3 is 0 Å². The van der Waals surface area contributed by atoms with Crippen molar-refractivity contribution in [2.24, 2.45) is 5.92 Å². The maximum Gasteiger partial charge on any atom is 0.251 e. The minimum atomic E-state index is -0.227. The van der Waals surface area contributed by atoms with Gasteiger partial charge in [-0.15, -0.1) is 0 Å². The van der Waals surface area contributed by atoms with Crippen molar-refractivity contribution in [1.29, 1.82) is 0 Å². The number of carbonyl (C=O) groups excluding carboxylic acids is 2. The van der Waals surface area contributed by atoms with E-state index in [0.717, 1.165) is 56.1 Å². The van der Waals surface area contributed by atoms with Crippen molar-refractivity contribution < 1.29 is 9.59 Å². The number of hydrogen-bond donors (Lipinski definition) is 3. The van der Waals surface area contributed by atoms with Crippen LogP contribution in [-0.4, -0.2) is 61.5 Å². The first-order valence-electron chi connectivity index (χ1n) is 14.3. The Kier molecular flexibility index (Phi) is 9.17. The molecule has 0 saturated carbocycles. The Labute approximate surface area is 236 Å². The molecule has 0 spiro atoms. The van der Waals surface area contributed by atoms with E-state index in [1.807, 2.05) is 42.5 Å². The molecule has 2 fully saturated rings. The third-order valence-corrected chi connectivity index (χ3v) is 8.61. The van der Waals surface area contributed by atoms with E-state index in [0.29, 0.717) is 35.5 Å². The van der Waals surface area contributed by atoms with Gasteiger partial charge in [0.15, 0.2) is 0 Å². The van der Waals surface area contributed by atoms with Crippen molar-refractivity contribution in [2.45, 2.75) is 50.6 Å². The Bertz CT molecular complexity index is 1280. The van der Waals surface area contributed by atoms with Gasteiger partial charge in [0.25, 0.3) is 5.91 Å². The fourth-order valence-corrected chi connectivity index (χ4v) is 6.20. The molecule has 3 aromatic rings. The molecular formula is C32H39ClN4O2. The fraction of sp³-hybridized carbons (Fsp3) is 0.438. The Morgan fingerprint density at radius 3 is 2.54 bits per heavy atom. The monoisotopic (exact) mass is 546 g/mol. The van der Waals surface area contributed by atoms with Crippen LogP contribution in [-0.2, 0) is 4.79 Å². The topological polar surface area (TPSA) is 73.5 Å². The average molecular weight is 547 g/mol. The summed E-state index contributed by atoms with van der Waals surface area (Å²) in [5.41, 5.74) is 1.91. The molecule has 3 atom stereocenters. The molecule has 2 aliphatic rings. The second-order valence-corrected chi connectivity index (χ2v) is 11.4. The number of benzene rings is 3. The van der Waals surface area contributed by atoms with Gasteiger partial charge in [0.2, 0.25) is 5.91 Å². The molecule has 0 bridgehead atoms. The zero-order valence-electron chi connectivity index (χ0n) is 22.7. The SMILES string of the molecule is CC[C@H](CN1CC[C@H](CNC(=O)c2ccc3cc(Cl)ccc3c2)N[C@H](C2CCNCC2)C1=O)c1ccccc1. The van der Waals surface area contributed by atoms with Gasteiger partial charge in [-0.25, -0.2) is 0 Å². The van der Waals surface area contributed by atoms with Crippen LogP contribution in [0.5, 0.6) is 0 Å². The van der Waals surface area contributed by atoms with Gasteiger partial charge < -0.3 is 20.9 Å². The summed E-state index contributed by atoms with van der Waals surface area (Å²) in [5.74, 6) is 0.706. The number of amides is 2. The molecule has 0 aromatic heterocycles. The van der Waals surface area contributed by atoms with Gasteiger partial charge in [-0.3, -0.25) is 9.59 Å². The summed E-state index contributed by atoms with van der Waals surface area (Å²) in [4.78, 5) is 29.1. The predicted octanol–water partition coefficient (Wildman–Crippen LogP) is 4.98. The molecule has 2 amide bonds. The van der Waals surface area contributed by atoms with E-state index in [4.69, 9.17) is 11.6 Å². The van der Waals surface area contributed by atoms with Gasteiger partial charge in [0.1, 0.15) is 0 Å². The van der Waals surface area contributed by atoms with Crippen LogP contribution in [0.3, 0.4) is 0 Å². The van der Waals surface area contributed by atoms with Crippen LogP contribution in [0.15, 0.2) is 66.7 Å². The lowest BCUT2D eigenvalue weighted by Gasteiger charge is -2.34. The second kappa shape index (κ2) is 12.9. The van der Waals surface area contributed by atoms with E-state index < -0.39 is 0 Å². The zero-order valence-corrected chi connectivity index (χ0v) is 23.4. The summed E-state index contributed by atoms with van der Waals surface area (Å²) in [6.45, 7) is 5.97. The predicted molar refractivity (Wildman–Crippen MR) is 158 cm³/mol. The summed E-state index contributed by atoms with van der Waals surface area (Å²) < 4.78 is 0. The largest absolute Gasteiger partial charge is 0.350 e. The van der Waals surface area contributed by atoms with Gasteiger partial charge in [-0.2, -0.15) is 0 Å². The van der Waals surface area contributed by atoms with Crippen molar-refractivity contribution in [1.82, 2.24) is 20.9 Å². The summed E-state index contributed by atoms with van der Waals surface area (Å²) >= 11 is 6.11. The minimum Gasteiger partial charge on any atom is -0.350 e. The molecule has 39 heavy (non-hydrogen) atoms. The first-order valence-corrected chi connectivity index (χ1v) is 14.7. The van der Waals surface area contributed by atoms with Crippen molar-refractivity contribution >= 4 is 34.2 Å². The molecule has 2 saturated heterocycles. The Balaban J connectivity index is 1.28. The van der Waals surface area contributed by atoms with E-state index in [1.54, 1.807) is 0 Å². The Morgan fingerprint density at radius 1 is 1.03 bits per heavy atom. The second-order valence-electron chi connectivity index (χ2n) is 10.9. The van der Waals surface area contributed by atoms with E-state index >= 15 is 0 Å². The number of nitrogens with one attached hydrogen (secondary N) is 3. The molecule has 0 unspecified atom stereocenters. The van der Waals surface area contributed by atoms with Gasteiger partial charge in [0.05, 0.1) is 6.04 Å². The average Bonchev–Trinajstić information content (AvgIpc) is 3.13. The van der Waals surface area contributed by atoms with Crippen LogP contribution in [0, 0.1) is 5.92 Å². The number of fused-ring (bicyclic) bond motifs is 1. The lowest BCUT2D eigenvalue weighted by atomic mass is 9.88. The van der Waals surface area contributed by atoms with E-state index in [1.165, 1.54) is 5.56 Å². The first kappa shape index (κ1) is 27.6. The standard InChI is InChI=1S/C32H39ClN4O2/c1-2-22(23-6-4-3-5-7-23)21-37-17-14-29(36-30(32(37)39)24-12-15-34-16-13-24)20-35-31(38)27-9-8-26-19-28(33)11-10-25(26)18-27/h3-11,18-19,22,24,29-30,34,36H,2,12-17,20-21H2,1H3,(H,35,38)/t22-,29-,30-/m1/s1. The lowest BCUT2D eigenvalue weighted by molar-refractivity contribution is -0.134. The number of piperidine rings is 1. The highest BCUT2D eigenvalue weighted by molar-refractivity contribution is 6.31. The maximum atomic E-state index is 13.9. The van der Waals surface area contributed by atoms with E-state index in [9.17, 15) is 9.59 Å². The number of carbonyl (C=O) groups is 2. The summed E-state index contributed by atoms with van der Waals surface area (Å²) in [6, 6.07) is 21.7. The Morgan fingerprint density at radius 2 is 1.77 bits per heavy atom. The summed E-state index contributed by atoms with van der Waals surface area (Å²) in [7, 11) is 0. The van der Waals surface area contributed by atoms with Gasteiger partial charge in [-0.1, -0.05) is 61.0 Å². The normalized spacial score (nSPS) is 21.5. The van der Waals surface area contributed by atoms with Gasteiger partial charge in [0, 0.05) is 42.2 Å². The third kappa shape index (κ3) is 6.81. The maximum absolute atomic E-state index is 13.9. The quantitative estimate of drug-likeness (QED) is 0.373. The van der Waals surface area contributed by atoms with Crippen LogP contribution < -0.4 is 16.0 Å². The highest BCUT2D eigenvalue weighted by Gasteiger charge is 2.37. The third-order valence-electron chi connectivity index (χ3n) is 8.37. The minimum absolute atomic E-state index is 0.0267. The van der Waals surface area contributed by atoms with Gasteiger partial charge in [-0.05, 0) is 85.3 Å². The highest BCUT2D eigenvalue weighted by Crippen LogP contribution is 2.26. The first-order chi connectivity index (χ1) is 19.0. The molecule has 7 heteroatoms. The number of rotatable bonds is 8. The zero-order chi connectivity index (χ0) is 27.2. The number of nitrogens with zero attached hydrogens (tertiary/aromatic N) is 1. The highest BCUT2D eigenvalue weighted by atomic mass is 35.5. The van der Waals surface area contributed by atoms with Crippen LogP contribution in [0.4, 0.5) is 0 Å². The number of halogens is 1. The van der Waals surface area contributed by atoms with Crippen LogP contribution in [0.1, 0.15) is 54.4 Å². The fourth-order valence-electron chi connectivity index (χ4n) is 6.02. The van der Waals surface area contributed by atoms with Crippen LogP contribution in [0.25, 0.3) is 10.8 Å². The lowest BCUT2D eigenvalue weighted by Crippen LogP contribution is -2.54. The van der Waals surface area contributed by atoms with Crippen molar-refractivity contribution in [3.8, 4) is 0 Å². The van der Waals surface area contributed by atoms with Crippen molar-refractivity contribution in [3.63, 3.8) is 0 Å². The molecule has 2 aliphatic heterocycles. The summed E-state index contributed by atoms with van der Waals surface area (Å²) in [5, 5.41) is 12.9. The molecule has 2 heterocycles. The Hall–Kier alpha value is -2.93. The molecule has 206 valence electrons. The van der Waals surface area contributed by atoms with Crippen molar-refractivity contribution in [2.75, 3.05) is 32.7 Å². The molecule has 6 nitrogen and oxygen atoms in total. The van der Waals surface area contributed by atoms with E-state index in [2.05, 4.69) is 52.0 Å². The van der Waals surface area contributed by atoms with Crippen LogP contribution in [0.2, 0.25) is 5.02 Å². The molecule has 3 aromatic carbocycles. The van der Waals surface area contributed by atoms with Crippen LogP contribution >= 0.6 is 11.6 Å².